The van der Waals surface area contributed by atoms with E-state index in [9.17, 15) is 0 Å². The Morgan fingerprint density at radius 1 is 1.42 bits per heavy atom. The zero-order valence-electron chi connectivity index (χ0n) is 12.6. The van der Waals surface area contributed by atoms with E-state index in [0.29, 0.717) is 6.04 Å². The van der Waals surface area contributed by atoms with Crippen LogP contribution >= 0.6 is 11.3 Å². The molecule has 1 N–H and O–H groups in total. The van der Waals surface area contributed by atoms with Crippen molar-refractivity contribution in [1.29, 1.82) is 0 Å². The summed E-state index contributed by atoms with van der Waals surface area (Å²) in [5.41, 5.74) is 1.43. The first-order chi connectivity index (χ1) is 9.20. The van der Waals surface area contributed by atoms with Gasteiger partial charge in [-0.05, 0) is 75.7 Å². The molecule has 1 unspecified atom stereocenters. The lowest BCUT2D eigenvalue weighted by Crippen LogP contribution is -2.41. The molecule has 1 aliphatic heterocycles. The predicted octanol–water partition coefficient (Wildman–Crippen LogP) is 3.66. The summed E-state index contributed by atoms with van der Waals surface area (Å²) in [5.74, 6) is 0.855. The Labute approximate surface area is 122 Å². The van der Waals surface area contributed by atoms with E-state index in [4.69, 9.17) is 0 Å². The van der Waals surface area contributed by atoms with E-state index in [1.54, 1.807) is 0 Å². The smallest absolute Gasteiger partial charge is 0.0304 e. The molecular weight excluding hydrogens is 252 g/mol. The fraction of sp³-hybridized carbons (Fsp3) is 0.750. The number of likely N-dealkylation sites (tertiary alicyclic amines) is 1. The van der Waals surface area contributed by atoms with Crippen LogP contribution in [0.5, 0.6) is 0 Å². The van der Waals surface area contributed by atoms with Gasteiger partial charge in [-0.1, -0.05) is 6.92 Å². The van der Waals surface area contributed by atoms with Crippen LogP contribution in [0.25, 0.3) is 0 Å². The highest BCUT2D eigenvalue weighted by Crippen LogP contribution is 2.22. The van der Waals surface area contributed by atoms with Crippen molar-refractivity contribution in [3.8, 4) is 0 Å². The first-order valence-corrected chi connectivity index (χ1v) is 8.57. The second-order valence-electron chi connectivity index (χ2n) is 5.88. The van der Waals surface area contributed by atoms with Gasteiger partial charge in [0.1, 0.15) is 0 Å². The highest BCUT2D eigenvalue weighted by atomic mass is 32.1. The summed E-state index contributed by atoms with van der Waals surface area (Å²) in [6.45, 7) is 11.8. The first-order valence-electron chi connectivity index (χ1n) is 7.69. The normalized spacial score (nSPS) is 19.7. The van der Waals surface area contributed by atoms with Gasteiger partial charge in [-0.3, -0.25) is 0 Å². The zero-order valence-corrected chi connectivity index (χ0v) is 13.4. The molecule has 0 bridgehead atoms. The van der Waals surface area contributed by atoms with E-state index < -0.39 is 0 Å². The highest BCUT2D eigenvalue weighted by molar-refractivity contribution is 7.10. The van der Waals surface area contributed by atoms with Crippen molar-refractivity contribution in [3.05, 3.63) is 21.9 Å². The molecule has 2 rings (SSSR count). The minimum atomic E-state index is 0.644. The Balaban J connectivity index is 1.72. The number of piperidine rings is 1. The topological polar surface area (TPSA) is 15.3 Å². The number of nitrogens with one attached hydrogen (secondary N) is 1. The van der Waals surface area contributed by atoms with Crippen LogP contribution in [0, 0.1) is 12.8 Å². The van der Waals surface area contributed by atoms with Crippen molar-refractivity contribution >= 4 is 11.3 Å². The van der Waals surface area contributed by atoms with E-state index >= 15 is 0 Å². The Hall–Kier alpha value is -0.380. The summed E-state index contributed by atoms with van der Waals surface area (Å²) in [7, 11) is 0. The zero-order chi connectivity index (χ0) is 13.7. The van der Waals surface area contributed by atoms with Crippen molar-refractivity contribution in [2.45, 2.75) is 52.6 Å². The highest BCUT2D eigenvalue weighted by Gasteiger charge is 2.23. The molecule has 0 aromatic carbocycles. The molecule has 2 heterocycles. The van der Waals surface area contributed by atoms with Crippen molar-refractivity contribution in [2.75, 3.05) is 19.6 Å². The number of aryl methyl sites for hydroxylation is 1. The van der Waals surface area contributed by atoms with Gasteiger partial charge in [-0.2, -0.15) is 0 Å². The molecule has 19 heavy (non-hydrogen) atoms. The quantitative estimate of drug-likeness (QED) is 0.855. The second kappa shape index (κ2) is 7.41. The number of nitrogens with zero attached hydrogens (tertiary/aromatic N) is 1. The van der Waals surface area contributed by atoms with Gasteiger partial charge in [0.2, 0.25) is 0 Å². The number of rotatable bonds is 6. The van der Waals surface area contributed by atoms with Crippen molar-refractivity contribution in [1.82, 2.24) is 10.2 Å². The molecule has 108 valence electrons. The lowest BCUT2D eigenvalue weighted by atomic mass is 9.90. The van der Waals surface area contributed by atoms with E-state index in [0.717, 1.165) is 12.5 Å². The van der Waals surface area contributed by atoms with Crippen LogP contribution in [0.4, 0.5) is 0 Å². The minimum absolute atomic E-state index is 0.644. The molecular formula is C16H28N2S. The fourth-order valence-electron chi connectivity index (χ4n) is 3.00. The first kappa shape index (κ1) is 15.0. The third-order valence-corrected chi connectivity index (χ3v) is 5.45. The van der Waals surface area contributed by atoms with Crippen LogP contribution in [0.1, 0.15) is 43.6 Å². The molecule has 1 saturated heterocycles. The SMILES string of the molecule is CCCN1CCC(C(C)NCc2sccc2C)CC1. The molecule has 0 amide bonds. The van der Waals surface area contributed by atoms with Crippen molar-refractivity contribution < 1.29 is 0 Å². The molecule has 2 nitrogen and oxygen atoms in total. The van der Waals surface area contributed by atoms with Gasteiger partial charge < -0.3 is 10.2 Å². The molecule has 1 aromatic heterocycles. The maximum absolute atomic E-state index is 3.73. The summed E-state index contributed by atoms with van der Waals surface area (Å²) < 4.78 is 0. The van der Waals surface area contributed by atoms with Gasteiger partial charge in [0, 0.05) is 17.5 Å². The molecule has 1 fully saturated rings. The molecule has 0 spiro atoms. The molecule has 0 aliphatic carbocycles. The molecule has 0 saturated carbocycles. The van der Waals surface area contributed by atoms with Crippen LogP contribution in [0.3, 0.4) is 0 Å². The fourth-order valence-corrected chi connectivity index (χ4v) is 3.86. The monoisotopic (exact) mass is 280 g/mol. The van der Waals surface area contributed by atoms with Crippen LogP contribution in [-0.2, 0) is 6.54 Å². The molecule has 1 aliphatic rings. The van der Waals surface area contributed by atoms with Crippen LogP contribution in [0.15, 0.2) is 11.4 Å². The lowest BCUT2D eigenvalue weighted by molar-refractivity contribution is 0.162. The van der Waals surface area contributed by atoms with Crippen LogP contribution in [-0.4, -0.2) is 30.6 Å². The molecule has 3 heteroatoms. The van der Waals surface area contributed by atoms with Gasteiger partial charge in [0.25, 0.3) is 0 Å². The van der Waals surface area contributed by atoms with Crippen LogP contribution in [0.2, 0.25) is 0 Å². The average Bonchev–Trinajstić information content (AvgIpc) is 2.83. The van der Waals surface area contributed by atoms with Gasteiger partial charge in [0.15, 0.2) is 0 Å². The van der Waals surface area contributed by atoms with E-state index in [2.05, 4.69) is 42.4 Å². The van der Waals surface area contributed by atoms with Gasteiger partial charge in [0.05, 0.1) is 0 Å². The van der Waals surface area contributed by atoms with Gasteiger partial charge >= 0.3 is 0 Å². The predicted molar refractivity (Wildman–Crippen MR) is 84.8 cm³/mol. The Bertz CT molecular complexity index is 367. The summed E-state index contributed by atoms with van der Waals surface area (Å²) in [5, 5.41) is 5.93. The maximum Gasteiger partial charge on any atom is 0.0304 e. The Morgan fingerprint density at radius 2 is 2.16 bits per heavy atom. The minimum Gasteiger partial charge on any atom is -0.309 e. The Kier molecular flexibility index (Phi) is 5.86. The van der Waals surface area contributed by atoms with Crippen molar-refractivity contribution in [3.63, 3.8) is 0 Å². The van der Waals surface area contributed by atoms with Gasteiger partial charge in [-0.25, -0.2) is 0 Å². The molecule has 1 atom stereocenters. The Morgan fingerprint density at radius 3 is 2.74 bits per heavy atom. The van der Waals surface area contributed by atoms with Crippen LogP contribution < -0.4 is 5.32 Å². The number of thiophene rings is 1. The molecule has 1 aromatic rings. The largest absolute Gasteiger partial charge is 0.309 e. The van der Waals surface area contributed by atoms with Crippen molar-refractivity contribution in [2.24, 2.45) is 5.92 Å². The lowest BCUT2D eigenvalue weighted by Gasteiger charge is -2.35. The average molecular weight is 280 g/mol. The second-order valence-corrected chi connectivity index (χ2v) is 6.88. The summed E-state index contributed by atoms with van der Waals surface area (Å²) in [4.78, 5) is 4.11. The number of hydrogen-bond donors (Lipinski definition) is 1. The summed E-state index contributed by atoms with van der Waals surface area (Å²) in [6, 6.07) is 2.86. The third-order valence-electron chi connectivity index (χ3n) is 4.43. The standard InChI is InChI=1S/C16H28N2S/c1-4-8-18-9-5-15(6-10-18)14(3)17-12-16-13(2)7-11-19-16/h7,11,14-15,17H,4-6,8-10,12H2,1-3H3. The summed E-state index contributed by atoms with van der Waals surface area (Å²) >= 11 is 1.87. The van der Waals surface area contributed by atoms with E-state index in [1.807, 2.05) is 11.3 Å². The summed E-state index contributed by atoms with van der Waals surface area (Å²) in [6.07, 6.45) is 4.01. The van der Waals surface area contributed by atoms with E-state index in [1.165, 1.54) is 49.3 Å². The third kappa shape index (κ3) is 4.30. The van der Waals surface area contributed by atoms with E-state index in [-0.39, 0.29) is 0 Å². The van der Waals surface area contributed by atoms with Gasteiger partial charge in [-0.15, -0.1) is 11.3 Å². The molecule has 0 radical (unpaired) electrons. The maximum atomic E-state index is 3.73. The number of hydrogen-bond acceptors (Lipinski definition) is 3.